The number of hydrogen-bond donors (Lipinski definition) is 1. The number of carbonyl (C=O) groups excluding carboxylic acids is 1. The molecule has 2 aliphatic rings. The number of aliphatic hydroxyl groups excluding tert-OH is 1. The summed E-state index contributed by atoms with van der Waals surface area (Å²) >= 11 is 5.93. The molecule has 3 rings (SSSR count). The molecule has 0 radical (unpaired) electrons. The lowest BCUT2D eigenvalue weighted by molar-refractivity contribution is -0.120. The van der Waals surface area contributed by atoms with Gasteiger partial charge in [-0.15, -0.1) is 0 Å². The predicted molar refractivity (Wildman–Crippen MR) is 97.6 cm³/mol. The minimum absolute atomic E-state index is 0.00179. The average Bonchev–Trinajstić information content (AvgIpc) is 3.41. The van der Waals surface area contributed by atoms with Crippen LogP contribution in [-0.4, -0.2) is 23.8 Å². The number of aliphatic imine (C=N–C) groups is 1. The van der Waals surface area contributed by atoms with Crippen LogP contribution in [0.15, 0.2) is 29.3 Å². The molecule has 1 aromatic carbocycles. The van der Waals surface area contributed by atoms with E-state index in [1.807, 2.05) is 24.3 Å². The molecule has 1 unspecified atom stereocenters. The van der Waals surface area contributed by atoms with E-state index in [2.05, 4.69) is 4.99 Å². The first-order chi connectivity index (χ1) is 11.6. The molecular formula is C20H26ClNO2. The third-order valence-corrected chi connectivity index (χ3v) is 5.81. The molecule has 0 spiro atoms. The third kappa shape index (κ3) is 4.07. The number of hydrogen-bond acceptors (Lipinski definition) is 2. The van der Waals surface area contributed by atoms with Crippen molar-refractivity contribution in [3.05, 3.63) is 34.9 Å². The van der Waals surface area contributed by atoms with Crippen molar-refractivity contribution in [2.75, 3.05) is 6.61 Å². The Kier molecular flexibility index (Phi) is 5.72. The summed E-state index contributed by atoms with van der Waals surface area (Å²) in [7, 11) is 0. The van der Waals surface area contributed by atoms with Crippen molar-refractivity contribution in [2.45, 2.75) is 56.8 Å². The van der Waals surface area contributed by atoms with E-state index in [4.69, 9.17) is 11.6 Å². The van der Waals surface area contributed by atoms with Crippen molar-refractivity contribution in [1.82, 2.24) is 0 Å². The number of aliphatic hydroxyl groups is 1. The maximum absolute atomic E-state index is 12.6. The highest BCUT2D eigenvalue weighted by Crippen LogP contribution is 2.49. The van der Waals surface area contributed by atoms with Crippen molar-refractivity contribution in [2.24, 2.45) is 16.8 Å². The molecule has 3 nitrogen and oxygen atoms in total. The molecular weight excluding hydrogens is 322 g/mol. The van der Waals surface area contributed by atoms with Gasteiger partial charge in [-0.2, -0.15) is 0 Å². The summed E-state index contributed by atoms with van der Waals surface area (Å²) in [5, 5.41) is 10.3. The molecule has 24 heavy (non-hydrogen) atoms. The normalized spacial score (nSPS) is 21.8. The van der Waals surface area contributed by atoms with Gasteiger partial charge in [0.1, 0.15) is 0 Å². The van der Waals surface area contributed by atoms with E-state index in [-0.39, 0.29) is 18.4 Å². The minimum Gasteiger partial charge on any atom is -0.396 e. The number of carbonyl (C=O) groups is 1. The molecule has 130 valence electrons. The first-order valence-electron chi connectivity index (χ1n) is 9.09. The fourth-order valence-electron chi connectivity index (χ4n) is 3.85. The summed E-state index contributed by atoms with van der Waals surface area (Å²) in [6, 6.07) is 7.50. The van der Waals surface area contributed by atoms with Crippen LogP contribution in [0.4, 0.5) is 0 Å². The third-order valence-electron chi connectivity index (χ3n) is 5.55. The molecule has 0 saturated heterocycles. The van der Waals surface area contributed by atoms with Crippen molar-refractivity contribution >= 4 is 23.7 Å². The molecule has 1 N–H and O–H groups in total. The van der Waals surface area contributed by atoms with Gasteiger partial charge in [-0.25, -0.2) is 4.99 Å². The number of rotatable bonds is 6. The van der Waals surface area contributed by atoms with Crippen molar-refractivity contribution in [3.8, 4) is 0 Å². The second-order valence-corrected chi connectivity index (χ2v) is 7.79. The Balaban J connectivity index is 1.62. The minimum atomic E-state index is -0.452. The van der Waals surface area contributed by atoms with E-state index in [0.29, 0.717) is 10.9 Å². The van der Waals surface area contributed by atoms with Gasteiger partial charge in [-0.3, -0.25) is 4.79 Å². The summed E-state index contributed by atoms with van der Waals surface area (Å²) in [5.41, 5.74) is 0.549. The molecule has 0 aliphatic heterocycles. The summed E-state index contributed by atoms with van der Waals surface area (Å²) in [6.07, 6.45) is 10.7. The van der Waals surface area contributed by atoms with Crippen molar-refractivity contribution in [1.29, 1.82) is 0 Å². The molecule has 1 atom stereocenters. The van der Waals surface area contributed by atoms with E-state index in [0.717, 1.165) is 24.8 Å². The lowest BCUT2D eigenvalue weighted by Crippen LogP contribution is -2.21. The van der Waals surface area contributed by atoms with Gasteiger partial charge in [0.2, 0.25) is 0 Å². The zero-order chi connectivity index (χ0) is 17.0. The zero-order valence-corrected chi connectivity index (χ0v) is 14.8. The fraction of sp³-hybridized carbons (Fsp3) is 0.600. The summed E-state index contributed by atoms with van der Waals surface area (Å²) in [5.74, 6) is 0.591. The number of amides is 1. The quantitative estimate of drug-likeness (QED) is 0.767. The van der Waals surface area contributed by atoms with Gasteiger partial charge in [0.25, 0.3) is 5.91 Å². The molecule has 2 saturated carbocycles. The summed E-state index contributed by atoms with van der Waals surface area (Å²) in [6.45, 7) is 0.0707. The van der Waals surface area contributed by atoms with Gasteiger partial charge in [0.05, 0.1) is 12.0 Å². The lowest BCUT2D eigenvalue weighted by atomic mass is 9.83. The molecule has 4 heteroatoms. The predicted octanol–water partition coefficient (Wildman–Crippen LogP) is 4.55. The van der Waals surface area contributed by atoms with Gasteiger partial charge in [0, 0.05) is 17.2 Å². The first-order valence-corrected chi connectivity index (χ1v) is 9.47. The van der Waals surface area contributed by atoms with Crippen LogP contribution in [0.2, 0.25) is 5.02 Å². The molecule has 2 aliphatic carbocycles. The lowest BCUT2D eigenvalue weighted by Gasteiger charge is -2.23. The monoisotopic (exact) mass is 347 g/mol. The summed E-state index contributed by atoms with van der Waals surface area (Å²) in [4.78, 5) is 16.8. The molecule has 0 bridgehead atoms. The highest BCUT2D eigenvalue weighted by Gasteiger charge is 2.51. The Bertz CT molecular complexity index is 586. The van der Waals surface area contributed by atoms with Crippen LogP contribution in [0.25, 0.3) is 0 Å². The smallest absolute Gasteiger partial charge is 0.255 e. The molecule has 2 fully saturated rings. The number of benzene rings is 1. The van der Waals surface area contributed by atoms with Gasteiger partial charge in [0.15, 0.2) is 0 Å². The van der Waals surface area contributed by atoms with Crippen molar-refractivity contribution in [3.63, 3.8) is 0 Å². The Hall–Kier alpha value is -1.19. The number of halogens is 1. The molecule has 1 aromatic rings. The average molecular weight is 348 g/mol. The van der Waals surface area contributed by atoms with Crippen LogP contribution in [0.1, 0.15) is 56.9 Å². The second-order valence-electron chi connectivity index (χ2n) is 7.35. The fourth-order valence-corrected chi connectivity index (χ4v) is 3.98. The standard InChI is InChI=1S/C20H26ClNO2/c21-18-8-6-17(7-9-18)20(10-11-20)19(24)22-13-16(14-23)12-15-4-2-1-3-5-15/h6-9,13,15-16,23H,1-5,10-12,14H2. The van der Waals surface area contributed by atoms with Gasteiger partial charge >= 0.3 is 0 Å². The van der Waals surface area contributed by atoms with Crippen LogP contribution in [0, 0.1) is 11.8 Å². The van der Waals surface area contributed by atoms with Crippen LogP contribution >= 0.6 is 11.6 Å². The topological polar surface area (TPSA) is 49.7 Å². The van der Waals surface area contributed by atoms with Crippen LogP contribution < -0.4 is 0 Å². The van der Waals surface area contributed by atoms with E-state index < -0.39 is 5.41 Å². The van der Waals surface area contributed by atoms with Crippen LogP contribution in [-0.2, 0) is 10.2 Å². The highest BCUT2D eigenvalue weighted by molar-refractivity contribution is 6.30. The molecule has 0 aromatic heterocycles. The number of nitrogens with zero attached hydrogens (tertiary/aromatic N) is 1. The highest BCUT2D eigenvalue weighted by atomic mass is 35.5. The molecule has 1 amide bonds. The Morgan fingerprint density at radius 2 is 1.92 bits per heavy atom. The van der Waals surface area contributed by atoms with E-state index >= 15 is 0 Å². The van der Waals surface area contributed by atoms with Gasteiger partial charge < -0.3 is 5.11 Å². The first kappa shape index (κ1) is 17.6. The van der Waals surface area contributed by atoms with Gasteiger partial charge in [-0.05, 0) is 42.9 Å². The SMILES string of the molecule is O=C(N=CC(CO)CC1CCCCC1)C1(c2ccc(Cl)cc2)CC1. The Labute approximate surface area is 149 Å². The van der Waals surface area contributed by atoms with Crippen LogP contribution in [0.3, 0.4) is 0 Å². The van der Waals surface area contributed by atoms with E-state index in [1.54, 1.807) is 6.21 Å². The maximum atomic E-state index is 12.6. The summed E-state index contributed by atoms with van der Waals surface area (Å²) < 4.78 is 0. The van der Waals surface area contributed by atoms with Gasteiger partial charge in [-0.1, -0.05) is 55.8 Å². The Morgan fingerprint density at radius 3 is 2.50 bits per heavy atom. The maximum Gasteiger partial charge on any atom is 0.255 e. The Morgan fingerprint density at radius 1 is 1.25 bits per heavy atom. The van der Waals surface area contributed by atoms with E-state index in [1.165, 1.54) is 32.1 Å². The zero-order valence-electron chi connectivity index (χ0n) is 14.1. The second kappa shape index (κ2) is 7.79. The van der Waals surface area contributed by atoms with Crippen LogP contribution in [0.5, 0.6) is 0 Å². The largest absolute Gasteiger partial charge is 0.396 e. The van der Waals surface area contributed by atoms with E-state index in [9.17, 15) is 9.90 Å². The molecule has 0 heterocycles. The van der Waals surface area contributed by atoms with Crippen molar-refractivity contribution < 1.29 is 9.90 Å².